The van der Waals surface area contributed by atoms with E-state index in [1.807, 2.05) is 6.92 Å². The van der Waals surface area contributed by atoms with E-state index in [1.165, 1.54) is 4.57 Å². The van der Waals surface area contributed by atoms with Gasteiger partial charge < -0.3 is 0 Å². The molecule has 108 valence electrons. The van der Waals surface area contributed by atoms with E-state index < -0.39 is 9.05 Å². The van der Waals surface area contributed by atoms with E-state index >= 15 is 0 Å². The molecule has 0 aliphatic carbocycles. The summed E-state index contributed by atoms with van der Waals surface area (Å²) in [7, 11) is 1.44. The Balaban J connectivity index is 2.66. The molecule has 0 bridgehead atoms. The molecule has 1 heterocycles. The summed E-state index contributed by atoms with van der Waals surface area (Å²) in [5, 5.41) is 7.93. The molecule has 1 aromatic heterocycles. The number of aromatic nitrogens is 3. The highest BCUT2D eigenvalue weighted by Gasteiger charge is 2.23. The number of nitrogens with zero attached hydrogens (tertiary/aromatic N) is 3. The molecule has 0 saturated carbocycles. The summed E-state index contributed by atoms with van der Waals surface area (Å²) < 4.78 is 25.2. The van der Waals surface area contributed by atoms with Crippen molar-refractivity contribution in [3.8, 4) is 11.4 Å². The second-order valence-electron chi connectivity index (χ2n) is 4.02. The average molecular weight is 399 g/mol. The van der Waals surface area contributed by atoms with Crippen molar-refractivity contribution in [3.05, 3.63) is 27.7 Å². The Kier molecular flexibility index (Phi) is 4.73. The summed E-state index contributed by atoms with van der Waals surface area (Å²) >= 11 is 9.27. The molecule has 0 N–H and O–H groups in total. The number of rotatable bonds is 4. The highest BCUT2D eigenvalue weighted by atomic mass is 79.9. The minimum Gasteiger partial charge on any atom is -0.297 e. The van der Waals surface area contributed by atoms with Crippen molar-refractivity contribution >= 4 is 47.3 Å². The van der Waals surface area contributed by atoms with E-state index in [0.29, 0.717) is 27.4 Å². The van der Waals surface area contributed by atoms with Gasteiger partial charge in [0.1, 0.15) is 0 Å². The maximum Gasteiger partial charge on any atom is 0.296 e. The molecule has 1 aromatic carbocycles. The van der Waals surface area contributed by atoms with Crippen molar-refractivity contribution in [3.63, 3.8) is 0 Å². The summed E-state index contributed by atoms with van der Waals surface area (Å²) in [6.45, 7) is 2.37. The maximum absolute atomic E-state index is 11.5. The molecule has 9 heteroatoms. The van der Waals surface area contributed by atoms with Crippen LogP contribution >= 0.6 is 38.2 Å². The molecule has 0 unspecified atom stereocenters. The fourth-order valence-corrected chi connectivity index (χ4v) is 3.55. The average Bonchev–Trinajstić information content (AvgIpc) is 2.73. The van der Waals surface area contributed by atoms with Crippen LogP contribution in [-0.4, -0.2) is 23.2 Å². The molecule has 0 saturated heterocycles. The number of halogens is 3. The lowest BCUT2D eigenvalue weighted by molar-refractivity contribution is 0.570. The quantitative estimate of drug-likeness (QED) is 0.736. The number of benzene rings is 1. The molecule has 2 rings (SSSR count). The van der Waals surface area contributed by atoms with Gasteiger partial charge in [-0.2, -0.15) is 0 Å². The maximum atomic E-state index is 11.5. The summed E-state index contributed by atoms with van der Waals surface area (Å²) in [5.41, 5.74) is 0.696. The first-order valence-electron chi connectivity index (χ1n) is 5.68. The van der Waals surface area contributed by atoms with Gasteiger partial charge in [-0.3, -0.25) is 4.57 Å². The van der Waals surface area contributed by atoms with Crippen LogP contribution < -0.4 is 0 Å². The molecule has 0 aliphatic heterocycles. The Morgan fingerprint density at radius 2 is 2.05 bits per heavy atom. The van der Waals surface area contributed by atoms with Gasteiger partial charge in [0, 0.05) is 32.3 Å². The second-order valence-corrected chi connectivity index (χ2v) is 7.77. The van der Waals surface area contributed by atoms with E-state index in [2.05, 4.69) is 26.1 Å². The Labute approximate surface area is 134 Å². The Bertz CT molecular complexity index is 746. The third kappa shape index (κ3) is 3.16. The lowest BCUT2D eigenvalue weighted by Gasteiger charge is -2.09. The van der Waals surface area contributed by atoms with E-state index in [-0.39, 0.29) is 5.16 Å². The van der Waals surface area contributed by atoms with E-state index in [9.17, 15) is 8.42 Å². The number of hydrogen-bond acceptors (Lipinski definition) is 4. The van der Waals surface area contributed by atoms with Gasteiger partial charge in [-0.15, -0.1) is 10.2 Å². The van der Waals surface area contributed by atoms with Crippen LogP contribution in [0.4, 0.5) is 0 Å². The van der Waals surface area contributed by atoms with Crippen LogP contribution in [0.25, 0.3) is 11.4 Å². The van der Waals surface area contributed by atoms with Crippen LogP contribution in [0, 0.1) is 0 Å². The fourth-order valence-electron chi connectivity index (χ4n) is 1.76. The SMILES string of the molecule is CCCn1c(-c2ccc(Cl)cc2Br)nnc1S(=O)(=O)Cl. The topological polar surface area (TPSA) is 64.8 Å². The van der Waals surface area contributed by atoms with Gasteiger partial charge in [0.05, 0.1) is 0 Å². The van der Waals surface area contributed by atoms with Crippen molar-refractivity contribution in [2.45, 2.75) is 25.0 Å². The standard InChI is InChI=1S/C11H10BrCl2N3O2S/c1-2-5-17-10(15-16-11(17)20(14,18)19)8-4-3-7(13)6-9(8)12/h3-4,6H,2,5H2,1H3. The minimum absolute atomic E-state index is 0.252. The molecule has 20 heavy (non-hydrogen) atoms. The Morgan fingerprint density at radius 3 is 2.60 bits per heavy atom. The van der Waals surface area contributed by atoms with E-state index in [1.54, 1.807) is 18.2 Å². The molecule has 0 atom stereocenters. The molecule has 0 spiro atoms. The number of hydrogen-bond donors (Lipinski definition) is 0. The molecule has 2 aromatic rings. The van der Waals surface area contributed by atoms with Crippen LogP contribution in [0.5, 0.6) is 0 Å². The van der Waals surface area contributed by atoms with Crippen LogP contribution in [-0.2, 0) is 15.6 Å². The molecule has 0 amide bonds. The molecule has 0 aliphatic rings. The second kappa shape index (κ2) is 6.01. The van der Waals surface area contributed by atoms with E-state index in [0.717, 1.165) is 6.42 Å². The van der Waals surface area contributed by atoms with Gasteiger partial charge in [-0.1, -0.05) is 18.5 Å². The van der Waals surface area contributed by atoms with Crippen LogP contribution in [0.15, 0.2) is 27.8 Å². The summed E-state index contributed by atoms with van der Waals surface area (Å²) in [6.07, 6.45) is 0.718. The molecular weight excluding hydrogens is 389 g/mol. The zero-order valence-electron chi connectivity index (χ0n) is 10.3. The Morgan fingerprint density at radius 1 is 1.35 bits per heavy atom. The highest BCUT2D eigenvalue weighted by Crippen LogP contribution is 2.31. The monoisotopic (exact) mass is 397 g/mol. The van der Waals surface area contributed by atoms with Gasteiger partial charge >= 0.3 is 0 Å². The van der Waals surface area contributed by atoms with Gasteiger partial charge in [0.2, 0.25) is 0 Å². The zero-order valence-corrected chi connectivity index (χ0v) is 14.3. The van der Waals surface area contributed by atoms with Crippen molar-refractivity contribution in [1.29, 1.82) is 0 Å². The first-order valence-corrected chi connectivity index (χ1v) is 9.16. The lowest BCUT2D eigenvalue weighted by atomic mass is 10.2. The highest BCUT2D eigenvalue weighted by molar-refractivity contribution is 9.10. The van der Waals surface area contributed by atoms with Crippen molar-refractivity contribution < 1.29 is 8.42 Å². The minimum atomic E-state index is -3.94. The van der Waals surface area contributed by atoms with Crippen LogP contribution in [0.2, 0.25) is 5.02 Å². The van der Waals surface area contributed by atoms with Crippen molar-refractivity contribution in [2.24, 2.45) is 0 Å². The van der Waals surface area contributed by atoms with Crippen LogP contribution in [0.1, 0.15) is 13.3 Å². The third-order valence-corrected chi connectivity index (χ3v) is 4.60. The zero-order chi connectivity index (χ0) is 14.9. The van der Waals surface area contributed by atoms with Crippen molar-refractivity contribution in [2.75, 3.05) is 0 Å². The summed E-state index contributed by atoms with van der Waals surface area (Å²) in [4.78, 5) is 0. The molecular formula is C11H10BrCl2N3O2S. The normalized spacial score (nSPS) is 11.8. The molecule has 5 nitrogen and oxygen atoms in total. The third-order valence-electron chi connectivity index (χ3n) is 2.55. The first-order chi connectivity index (χ1) is 9.34. The fraction of sp³-hybridized carbons (Fsp3) is 0.273. The van der Waals surface area contributed by atoms with Crippen LogP contribution in [0.3, 0.4) is 0 Å². The Hall–Kier alpha value is -0.630. The van der Waals surface area contributed by atoms with Crippen molar-refractivity contribution in [1.82, 2.24) is 14.8 Å². The summed E-state index contributed by atoms with van der Waals surface area (Å²) in [6, 6.07) is 5.14. The largest absolute Gasteiger partial charge is 0.297 e. The predicted molar refractivity (Wildman–Crippen MR) is 81.5 cm³/mol. The van der Waals surface area contributed by atoms with Gasteiger partial charge in [0.15, 0.2) is 5.82 Å². The van der Waals surface area contributed by atoms with Gasteiger partial charge in [-0.25, -0.2) is 8.42 Å². The molecule has 0 fully saturated rings. The smallest absolute Gasteiger partial charge is 0.296 e. The van der Waals surface area contributed by atoms with E-state index in [4.69, 9.17) is 22.3 Å². The molecule has 0 radical (unpaired) electrons. The summed E-state index contributed by atoms with van der Waals surface area (Å²) in [5.74, 6) is 0.426. The van der Waals surface area contributed by atoms with Gasteiger partial charge in [0.25, 0.3) is 14.2 Å². The van der Waals surface area contributed by atoms with Gasteiger partial charge in [-0.05, 0) is 40.5 Å². The lowest BCUT2D eigenvalue weighted by Crippen LogP contribution is -2.07. The predicted octanol–water partition coefficient (Wildman–Crippen LogP) is 3.70. The first kappa shape index (κ1) is 15.8.